The zero-order chi connectivity index (χ0) is 30.3. The summed E-state index contributed by atoms with van der Waals surface area (Å²) in [7, 11) is -4.18. The maximum atomic E-state index is 14.1. The number of hydrogen-bond donors (Lipinski definition) is 1. The lowest BCUT2D eigenvalue weighted by Crippen LogP contribution is -2.53. The molecule has 0 saturated carbocycles. The minimum absolute atomic E-state index is 0.0275. The van der Waals surface area contributed by atoms with Gasteiger partial charge in [0.1, 0.15) is 12.6 Å². The van der Waals surface area contributed by atoms with Crippen LogP contribution in [0, 0.1) is 6.92 Å². The molecule has 0 spiro atoms. The molecule has 3 aromatic rings. The number of hydrogen-bond acceptors (Lipinski definition) is 4. The lowest BCUT2D eigenvalue weighted by atomic mass is 10.1. The second-order valence-corrected chi connectivity index (χ2v) is 12.9. The number of anilines is 1. The Morgan fingerprint density at radius 3 is 2.05 bits per heavy atom. The van der Waals surface area contributed by atoms with Gasteiger partial charge < -0.3 is 10.2 Å². The van der Waals surface area contributed by atoms with Crippen molar-refractivity contribution in [3.05, 3.63) is 92.9 Å². The number of nitrogens with one attached hydrogen (secondary N) is 1. The third-order valence-electron chi connectivity index (χ3n) is 6.75. The maximum Gasteiger partial charge on any atom is 0.264 e. The van der Waals surface area contributed by atoms with Crippen molar-refractivity contribution in [1.82, 2.24) is 10.2 Å². The van der Waals surface area contributed by atoms with E-state index in [1.54, 1.807) is 49.4 Å². The Balaban J connectivity index is 2.08. The van der Waals surface area contributed by atoms with Crippen molar-refractivity contribution in [2.75, 3.05) is 10.8 Å². The van der Waals surface area contributed by atoms with Gasteiger partial charge in [-0.05, 0) is 80.8 Å². The maximum absolute atomic E-state index is 14.1. The second kappa shape index (κ2) is 14.4. The summed E-state index contributed by atoms with van der Waals surface area (Å²) in [5, 5.41) is 4.12. The summed E-state index contributed by atoms with van der Waals surface area (Å²) in [4.78, 5) is 28.9. The zero-order valence-electron chi connectivity index (χ0n) is 23.4. The standard InChI is InChI=1S/C30H34Cl3N3O4S/c1-5-21(4)34-30(38)28(6-2)35(18-22-9-10-24(32)17-27(22)33)29(37)19-36(25-13-11-23(31)12-14-25)41(39,40)26-15-7-20(3)8-16-26/h7-17,21,28H,5-6,18-19H2,1-4H3,(H,34,38)/t21-,28-/m0/s1. The van der Waals surface area contributed by atoms with Gasteiger partial charge in [0.05, 0.1) is 10.6 Å². The van der Waals surface area contributed by atoms with Gasteiger partial charge in [-0.3, -0.25) is 13.9 Å². The number of rotatable bonds is 12. The molecule has 41 heavy (non-hydrogen) atoms. The molecule has 0 fully saturated rings. The Hall–Kier alpha value is -2.78. The first kappa shape index (κ1) is 32.7. The van der Waals surface area contributed by atoms with Gasteiger partial charge in [-0.2, -0.15) is 0 Å². The van der Waals surface area contributed by atoms with Crippen LogP contribution in [0.25, 0.3) is 0 Å². The van der Waals surface area contributed by atoms with Crippen molar-refractivity contribution in [2.24, 2.45) is 0 Å². The van der Waals surface area contributed by atoms with Gasteiger partial charge in [-0.1, -0.05) is 72.4 Å². The molecule has 3 aromatic carbocycles. The monoisotopic (exact) mass is 637 g/mol. The average Bonchev–Trinajstić information content (AvgIpc) is 2.93. The van der Waals surface area contributed by atoms with E-state index in [1.165, 1.54) is 29.2 Å². The van der Waals surface area contributed by atoms with E-state index in [1.807, 2.05) is 20.8 Å². The summed E-state index contributed by atoms with van der Waals surface area (Å²) < 4.78 is 28.8. The molecule has 0 aromatic heterocycles. The van der Waals surface area contributed by atoms with E-state index >= 15 is 0 Å². The van der Waals surface area contributed by atoms with Crippen LogP contribution in [0.4, 0.5) is 5.69 Å². The molecule has 2 amide bonds. The molecular formula is C30H34Cl3N3O4S. The summed E-state index contributed by atoms with van der Waals surface area (Å²) >= 11 is 18.6. The molecule has 220 valence electrons. The Bertz CT molecular complexity index is 1470. The predicted molar refractivity (Wildman–Crippen MR) is 166 cm³/mol. The number of benzene rings is 3. The highest BCUT2D eigenvalue weighted by molar-refractivity contribution is 7.92. The summed E-state index contributed by atoms with van der Waals surface area (Å²) in [6, 6.07) is 16.5. The predicted octanol–water partition coefficient (Wildman–Crippen LogP) is 6.87. The number of carbonyl (C=O) groups excluding carboxylic acids is 2. The molecule has 0 aliphatic carbocycles. The molecule has 3 rings (SSSR count). The summed E-state index contributed by atoms with van der Waals surface area (Å²) in [5.41, 5.74) is 1.71. The summed E-state index contributed by atoms with van der Waals surface area (Å²) in [5.74, 6) is -0.910. The number of amides is 2. The Kier molecular flexibility index (Phi) is 11.5. The highest BCUT2D eigenvalue weighted by Gasteiger charge is 2.34. The molecule has 2 atom stereocenters. The van der Waals surface area contributed by atoms with Crippen molar-refractivity contribution in [2.45, 2.75) is 64.1 Å². The van der Waals surface area contributed by atoms with Crippen LogP contribution in [0.3, 0.4) is 0 Å². The van der Waals surface area contributed by atoms with E-state index in [2.05, 4.69) is 5.32 Å². The van der Waals surface area contributed by atoms with Crippen molar-refractivity contribution >= 4 is 62.3 Å². The van der Waals surface area contributed by atoms with Crippen LogP contribution >= 0.6 is 34.8 Å². The molecule has 0 heterocycles. The van der Waals surface area contributed by atoms with E-state index in [0.717, 1.165) is 9.87 Å². The number of carbonyl (C=O) groups is 2. The average molecular weight is 639 g/mol. The first-order valence-corrected chi connectivity index (χ1v) is 15.8. The van der Waals surface area contributed by atoms with Crippen molar-refractivity contribution in [1.29, 1.82) is 0 Å². The van der Waals surface area contributed by atoms with Crippen LogP contribution in [0.1, 0.15) is 44.7 Å². The van der Waals surface area contributed by atoms with Gasteiger partial charge in [0, 0.05) is 27.7 Å². The Labute approximate surface area is 257 Å². The molecular weight excluding hydrogens is 605 g/mol. The first-order chi connectivity index (χ1) is 19.4. The summed E-state index contributed by atoms with van der Waals surface area (Å²) in [6.45, 7) is 6.89. The molecule has 7 nitrogen and oxygen atoms in total. The summed E-state index contributed by atoms with van der Waals surface area (Å²) in [6.07, 6.45) is 1.00. The third-order valence-corrected chi connectivity index (χ3v) is 9.37. The van der Waals surface area contributed by atoms with E-state index < -0.39 is 28.5 Å². The highest BCUT2D eigenvalue weighted by Crippen LogP contribution is 2.28. The van der Waals surface area contributed by atoms with Crippen LogP contribution in [0.5, 0.6) is 0 Å². The van der Waals surface area contributed by atoms with Crippen molar-refractivity contribution < 1.29 is 18.0 Å². The smallest absolute Gasteiger partial charge is 0.264 e. The fourth-order valence-corrected chi connectivity index (χ4v) is 6.18. The fraction of sp³-hybridized carbons (Fsp3) is 0.333. The van der Waals surface area contributed by atoms with E-state index in [4.69, 9.17) is 34.8 Å². The second-order valence-electron chi connectivity index (χ2n) is 9.80. The van der Waals surface area contributed by atoms with Gasteiger partial charge in [-0.15, -0.1) is 0 Å². The Morgan fingerprint density at radius 1 is 0.878 bits per heavy atom. The lowest BCUT2D eigenvalue weighted by molar-refractivity contribution is -0.140. The third kappa shape index (κ3) is 8.38. The van der Waals surface area contributed by atoms with Gasteiger partial charge >= 0.3 is 0 Å². The van der Waals surface area contributed by atoms with E-state index in [9.17, 15) is 18.0 Å². The largest absolute Gasteiger partial charge is 0.352 e. The molecule has 0 bridgehead atoms. The first-order valence-electron chi connectivity index (χ1n) is 13.3. The minimum Gasteiger partial charge on any atom is -0.352 e. The van der Waals surface area contributed by atoms with E-state index in [-0.39, 0.29) is 29.1 Å². The molecule has 0 saturated heterocycles. The molecule has 0 aliphatic heterocycles. The molecule has 0 radical (unpaired) electrons. The number of halogens is 3. The van der Waals surface area contributed by atoms with E-state index in [0.29, 0.717) is 33.5 Å². The lowest BCUT2D eigenvalue weighted by Gasteiger charge is -2.34. The number of aryl methyl sites for hydroxylation is 1. The minimum atomic E-state index is -4.18. The SMILES string of the molecule is CC[C@H](C)NC(=O)[C@H](CC)N(Cc1ccc(Cl)cc1Cl)C(=O)CN(c1ccc(Cl)cc1)S(=O)(=O)c1ccc(C)cc1. The van der Waals surface area contributed by atoms with Crippen molar-refractivity contribution in [3.63, 3.8) is 0 Å². The van der Waals surface area contributed by atoms with Gasteiger partial charge in [0.2, 0.25) is 11.8 Å². The van der Waals surface area contributed by atoms with Crippen LogP contribution in [-0.2, 0) is 26.2 Å². The topological polar surface area (TPSA) is 86.8 Å². The Morgan fingerprint density at radius 2 is 1.49 bits per heavy atom. The van der Waals surface area contributed by atoms with Gasteiger partial charge in [-0.25, -0.2) is 8.42 Å². The molecule has 0 unspecified atom stereocenters. The van der Waals surface area contributed by atoms with Crippen LogP contribution in [0.15, 0.2) is 71.6 Å². The van der Waals surface area contributed by atoms with Crippen LogP contribution in [0.2, 0.25) is 15.1 Å². The van der Waals surface area contributed by atoms with Crippen molar-refractivity contribution in [3.8, 4) is 0 Å². The molecule has 1 N–H and O–H groups in total. The van der Waals surface area contributed by atoms with Crippen LogP contribution in [-0.4, -0.2) is 43.8 Å². The molecule has 11 heteroatoms. The fourth-order valence-electron chi connectivity index (χ4n) is 4.17. The number of sulfonamides is 1. The van der Waals surface area contributed by atoms with Crippen LogP contribution < -0.4 is 9.62 Å². The highest BCUT2D eigenvalue weighted by atomic mass is 35.5. The number of nitrogens with zero attached hydrogens (tertiary/aromatic N) is 2. The van der Waals surface area contributed by atoms with Gasteiger partial charge in [0.25, 0.3) is 10.0 Å². The van der Waals surface area contributed by atoms with Gasteiger partial charge in [0.15, 0.2) is 0 Å². The molecule has 0 aliphatic rings. The quantitative estimate of drug-likeness (QED) is 0.235. The zero-order valence-corrected chi connectivity index (χ0v) is 26.5. The normalized spacial score (nSPS) is 12.9.